The van der Waals surface area contributed by atoms with Crippen LogP contribution in [-0.4, -0.2) is 24.1 Å². The third kappa shape index (κ3) is 4.98. The third-order valence-electron chi connectivity index (χ3n) is 9.79. The van der Waals surface area contributed by atoms with Crippen molar-refractivity contribution in [3.63, 3.8) is 0 Å². The minimum absolute atomic E-state index is 0.219. The number of hydrogen-bond donors (Lipinski definition) is 0. The predicted molar refractivity (Wildman–Crippen MR) is 238 cm³/mol. The van der Waals surface area contributed by atoms with Crippen molar-refractivity contribution in [1.82, 2.24) is 24.1 Å². The third-order valence-corrected chi connectivity index (χ3v) is 11.0. The van der Waals surface area contributed by atoms with Crippen LogP contribution in [0, 0.1) is 0 Å². The van der Waals surface area contributed by atoms with Crippen molar-refractivity contribution in [3.8, 4) is 45.5 Å². The van der Waals surface area contributed by atoms with Gasteiger partial charge in [0.05, 0.1) is 49.5 Å². The molecule has 4 heterocycles. The lowest BCUT2D eigenvalue weighted by molar-refractivity contribution is 0.893. The zero-order chi connectivity index (χ0) is 54.9. The molecule has 0 radical (unpaired) electrons. The van der Waals surface area contributed by atoms with Crippen LogP contribution in [0.25, 0.3) is 109 Å². The smallest absolute Gasteiger partial charge is 0.240 e. The Hall–Kier alpha value is -7.41. The van der Waals surface area contributed by atoms with Crippen LogP contribution in [0.5, 0.6) is 0 Å². The van der Waals surface area contributed by atoms with Crippen molar-refractivity contribution in [1.29, 1.82) is 0 Å². The Bertz CT molecular complexity index is 4610. The van der Waals surface area contributed by atoms with Gasteiger partial charge in [-0.3, -0.25) is 9.13 Å². The van der Waals surface area contributed by atoms with Gasteiger partial charge >= 0.3 is 0 Å². The van der Waals surface area contributed by atoms with E-state index in [0.717, 1.165) is 34.9 Å². The first-order valence-electron chi connectivity index (χ1n) is 27.5. The van der Waals surface area contributed by atoms with E-state index in [4.69, 9.17) is 32.8 Å². The summed E-state index contributed by atoms with van der Waals surface area (Å²) < 4.78 is 183. The molecule has 57 heavy (non-hydrogen) atoms. The quantitative estimate of drug-likeness (QED) is 0.175. The molecule has 0 aliphatic carbocycles. The highest BCUT2D eigenvalue weighted by molar-refractivity contribution is 7.26. The molecule has 266 valence electrons. The van der Waals surface area contributed by atoms with E-state index in [9.17, 15) is 9.60 Å². The minimum Gasteiger partial charge on any atom is -0.278 e. The van der Waals surface area contributed by atoms with Gasteiger partial charge in [-0.25, -0.2) is 0 Å². The fourth-order valence-corrected chi connectivity index (χ4v) is 8.55. The maximum Gasteiger partial charge on any atom is 0.240 e. The second kappa shape index (κ2) is 12.6. The number of benzene rings is 8. The highest BCUT2D eigenvalue weighted by atomic mass is 32.1. The van der Waals surface area contributed by atoms with Gasteiger partial charge in [0, 0.05) is 47.3 Å². The van der Waals surface area contributed by atoms with Crippen molar-refractivity contribution in [2.24, 2.45) is 0 Å². The van der Waals surface area contributed by atoms with Crippen LogP contribution in [0.4, 0.5) is 0 Å². The molecule has 4 aromatic heterocycles. The summed E-state index contributed by atoms with van der Waals surface area (Å²) in [5.74, 6) is -1.35. The SMILES string of the molecule is [2H]c1c([2H])c([2H])c(-c2c([2H])c([2H])c3c4c([2H])c([2H])c([2H])c([2H])c4n(-c4nc(-c5cccc(-c6cccc7c6sc6ccccc67)c5)nc(-n5c6c([2H])c([2H])c([2H])c([2H])c6c6c([2H])c([2H])c([2H])c([2H])c65)n4)c3c2[2H])c([2H])c1[2H]. The monoisotopic (exact) mass is 765 g/mol. The fraction of sp³-hybridized carbons (Fsp3) is 0. The molecule has 12 rings (SSSR count). The Kier molecular flexibility index (Phi) is 3.97. The highest BCUT2D eigenvalue weighted by Gasteiger charge is 2.21. The molecule has 0 amide bonds. The predicted octanol–water partition coefficient (Wildman–Crippen LogP) is 13.4. The highest BCUT2D eigenvalue weighted by Crippen LogP contribution is 2.41. The molecule has 0 saturated carbocycles. The van der Waals surface area contributed by atoms with E-state index in [1.807, 2.05) is 48.5 Å². The van der Waals surface area contributed by atoms with E-state index in [2.05, 4.69) is 0 Å². The molecule has 0 saturated heterocycles. The van der Waals surface area contributed by atoms with Crippen LogP contribution < -0.4 is 0 Å². The summed E-state index contributed by atoms with van der Waals surface area (Å²) in [6.07, 6.45) is 0. The van der Waals surface area contributed by atoms with Crippen LogP contribution in [0.15, 0.2) is 188 Å². The minimum atomic E-state index is -0.819. The average molecular weight is 766 g/mol. The normalized spacial score (nSPS) is 16.8. The first-order chi connectivity index (χ1) is 36.6. The summed E-state index contributed by atoms with van der Waals surface area (Å²) in [5.41, 5.74) is -1.19. The zero-order valence-corrected chi connectivity index (χ0v) is 29.8. The fourth-order valence-electron chi connectivity index (χ4n) is 7.32. The van der Waals surface area contributed by atoms with Gasteiger partial charge in [-0.15, -0.1) is 11.3 Å². The van der Waals surface area contributed by atoms with Crippen molar-refractivity contribution >= 4 is 75.1 Å². The lowest BCUT2D eigenvalue weighted by Crippen LogP contribution is -2.10. The molecule has 0 spiro atoms. The molecule has 12 aromatic rings. The van der Waals surface area contributed by atoms with E-state index in [1.54, 1.807) is 29.5 Å². The first-order valence-corrected chi connectivity index (χ1v) is 18.3. The summed E-state index contributed by atoms with van der Waals surface area (Å²) in [6, 6.07) is 5.76. The van der Waals surface area contributed by atoms with E-state index in [1.165, 1.54) is 0 Å². The zero-order valence-electron chi connectivity index (χ0n) is 49.0. The van der Waals surface area contributed by atoms with Gasteiger partial charge in [0.15, 0.2) is 5.82 Å². The second-order valence-corrected chi connectivity index (χ2v) is 14.0. The largest absolute Gasteiger partial charge is 0.278 e. The average Bonchev–Trinajstić information content (AvgIpc) is 4.19. The summed E-state index contributed by atoms with van der Waals surface area (Å²) in [4.78, 5) is 14.6. The molecule has 0 aliphatic heterocycles. The van der Waals surface area contributed by atoms with E-state index < -0.39 is 160 Å². The lowest BCUT2D eigenvalue weighted by atomic mass is 10.0. The molecule has 0 aliphatic rings. The molecule has 8 aromatic carbocycles. The van der Waals surface area contributed by atoms with Gasteiger partial charge in [0.1, 0.15) is 0 Å². The first kappa shape index (κ1) is 18.0. The molecule has 0 bridgehead atoms. The summed E-state index contributed by atoms with van der Waals surface area (Å²) in [7, 11) is 0. The van der Waals surface area contributed by atoms with Gasteiger partial charge in [-0.05, 0) is 58.6 Å². The Morgan fingerprint density at radius 1 is 0.421 bits per heavy atom. The van der Waals surface area contributed by atoms with E-state index in [-0.39, 0.29) is 38.6 Å². The molecular formula is C51H31N5S. The summed E-state index contributed by atoms with van der Waals surface area (Å²) >= 11 is 1.58. The molecule has 6 heteroatoms. The number of rotatable bonds is 5. The number of nitrogens with zero attached hydrogens (tertiary/aromatic N) is 5. The Balaban J connectivity index is 1.28. The number of aromatic nitrogens is 5. The van der Waals surface area contributed by atoms with Crippen LogP contribution in [0.3, 0.4) is 0 Å². The molecular weight excluding hydrogens is 715 g/mol. The standard InChI is InChI=1S/C51H31N5S/c1-2-14-32(15-3-1)33-28-29-40-39-20-6-10-26-45(39)56(46(40)31-33)51-53-49(52-50(54-51)55-43-24-8-4-18-37(43)38-19-5-9-25-44(38)55)35-17-12-16-34(30-35)36-22-13-23-42-41-21-7-11-27-47(41)57-48(36)42/h1-31H/i1D,2D,3D,4D,5D,6D,8D,9D,10D,14D,15D,18D,19D,20D,24D,25D,26D,28D,29D,31D. The Morgan fingerprint density at radius 3 is 1.72 bits per heavy atom. The number of thiophene rings is 1. The van der Waals surface area contributed by atoms with Crippen LogP contribution in [-0.2, 0) is 0 Å². The number of para-hydroxylation sites is 3. The Labute approximate surface area is 359 Å². The van der Waals surface area contributed by atoms with Gasteiger partial charge in [0.2, 0.25) is 11.9 Å². The van der Waals surface area contributed by atoms with Crippen LogP contribution in [0.2, 0.25) is 0 Å². The maximum atomic E-state index is 9.90. The van der Waals surface area contributed by atoms with E-state index >= 15 is 0 Å². The molecule has 0 atom stereocenters. The van der Waals surface area contributed by atoms with Crippen molar-refractivity contribution in [2.45, 2.75) is 0 Å². The van der Waals surface area contributed by atoms with Crippen molar-refractivity contribution in [3.05, 3.63) is 188 Å². The van der Waals surface area contributed by atoms with Crippen LogP contribution >= 0.6 is 11.3 Å². The van der Waals surface area contributed by atoms with Crippen LogP contribution in [0.1, 0.15) is 27.4 Å². The van der Waals surface area contributed by atoms with E-state index in [0.29, 0.717) is 5.56 Å². The van der Waals surface area contributed by atoms with Gasteiger partial charge in [-0.2, -0.15) is 15.0 Å². The summed E-state index contributed by atoms with van der Waals surface area (Å²) in [5, 5.41) is 0.621. The number of hydrogen-bond acceptors (Lipinski definition) is 4. The lowest BCUT2D eigenvalue weighted by Gasteiger charge is -2.13. The van der Waals surface area contributed by atoms with Gasteiger partial charge in [0.25, 0.3) is 0 Å². The van der Waals surface area contributed by atoms with Gasteiger partial charge < -0.3 is 0 Å². The molecule has 5 nitrogen and oxygen atoms in total. The molecule has 0 unspecified atom stereocenters. The molecule has 0 N–H and O–H groups in total. The Morgan fingerprint density at radius 2 is 1.00 bits per heavy atom. The topological polar surface area (TPSA) is 48.5 Å². The summed E-state index contributed by atoms with van der Waals surface area (Å²) in [6.45, 7) is 0. The van der Waals surface area contributed by atoms with Gasteiger partial charge in [-0.1, -0.05) is 151 Å². The molecule has 0 fully saturated rings. The second-order valence-electron chi connectivity index (χ2n) is 12.9. The van der Waals surface area contributed by atoms with Crippen molar-refractivity contribution < 1.29 is 27.4 Å². The van der Waals surface area contributed by atoms with Crippen molar-refractivity contribution in [2.75, 3.05) is 0 Å². The maximum absolute atomic E-state index is 9.90. The number of fused-ring (bicyclic) bond motifs is 9.